The van der Waals surface area contributed by atoms with Gasteiger partial charge in [-0.2, -0.15) is 0 Å². The number of hydrogen-bond donors (Lipinski definition) is 3. The third kappa shape index (κ3) is 11.4. The third-order valence-electron chi connectivity index (χ3n) is 5.46. The first kappa shape index (κ1) is 29.3. The van der Waals surface area contributed by atoms with E-state index in [1.54, 1.807) is 0 Å². The summed E-state index contributed by atoms with van der Waals surface area (Å²) in [5.74, 6) is -1.83. The van der Waals surface area contributed by atoms with Gasteiger partial charge >= 0.3 is 0 Å². The van der Waals surface area contributed by atoms with Crippen molar-refractivity contribution in [2.75, 3.05) is 39.3 Å². The van der Waals surface area contributed by atoms with Crippen LogP contribution in [0.1, 0.15) is 62.7 Å². The van der Waals surface area contributed by atoms with Gasteiger partial charge in [0.2, 0.25) is 0 Å². The number of carbonyl (C=O) groups excluding carboxylic acids is 1. The van der Waals surface area contributed by atoms with Gasteiger partial charge in [-0.1, -0.05) is 19.3 Å². The highest BCUT2D eigenvalue weighted by molar-refractivity contribution is 5.97. The number of carboxylic acid groups (broad SMARTS) is 2. The molecule has 1 aromatic rings. The molecule has 10 heteroatoms. The number of halogens is 1. The zero-order chi connectivity index (χ0) is 25.5. The Balaban J connectivity index is 0.000000629. The van der Waals surface area contributed by atoms with E-state index in [4.69, 9.17) is 30.3 Å². The topological polar surface area (TPSA) is 133 Å². The van der Waals surface area contributed by atoms with Crippen molar-refractivity contribution >= 4 is 17.8 Å². The van der Waals surface area contributed by atoms with E-state index >= 15 is 0 Å². The quantitative estimate of drug-likeness (QED) is 0.582. The predicted octanol–water partition coefficient (Wildman–Crippen LogP) is 2.83. The molecule has 2 aliphatic rings. The lowest BCUT2D eigenvalue weighted by Gasteiger charge is -2.33. The summed E-state index contributed by atoms with van der Waals surface area (Å²) in [6.07, 6.45) is 7.48. The Morgan fingerprint density at radius 3 is 2.21 bits per heavy atom. The number of carbonyl (C=O) groups is 3. The van der Waals surface area contributed by atoms with Crippen LogP contribution >= 0.6 is 0 Å². The average Bonchev–Trinajstić information content (AvgIpc) is 3.04. The van der Waals surface area contributed by atoms with Gasteiger partial charge in [0.1, 0.15) is 18.2 Å². The minimum absolute atomic E-state index is 0.151. The van der Waals surface area contributed by atoms with Crippen molar-refractivity contribution in [3.8, 4) is 5.75 Å². The Morgan fingerprint density at radius 2 is 1.62 bits per heavy atom. The Labute approximate surface area is 200 Å². The standard InChI is InChI=1S/C20H30FN3O2.2C2H4O2/c21-16-7-8-19(26-14-9-22)18(15-16)20(25)24-11-4-10-23(12-13-24)17-5-2-1-3-6-17;2*1-2(3)4/h7-8,15,17H,1-6,9-14,22H2;2*1H3,(H,3,4). The maximum absolute atomic E-state index is 13.7. The van der Waals surface area contributed by atoms with E-state index in [0.717, 1.165) is 33.4 Å². The summed E-state index contributed by atoms with van der Waals surface area (Å²) >= 11 is 0. The Hall–Kier alpha value is -2.72. The predicted molar refractivity (Wildman–Crippen MR) is 127 cm³/mol. The molecule has 192 valence electrons. The summed E-state index contributed by atoms with van der Waals surface area (Å²) in [6.45, 7) is 6.14. The van der Waals surface area contributed by atoms with Crippen molar-refractivity contribution in [1.29, 1.82) is 0 Å². The number of nitrogens with two attached hydrogens (primary N) is 1. The number of nitrogens with zero attached hydrogens (tertiary/aromatic N) is 2. The monoisotopic (exact) mass is 483 g/mol. The molecule has 4 N–H and O–H groups in total. The molecule has 2 fully saturated rings. The first-order chi connectivity index (χ1) is 16.1. The maximum atomic E-state index is 13.7. The number of carboxylic acids is 2. The van der Waals surface area contributed by atoms with E-state index in [0.29, 0.717) is 43.6 Å². The lowest BCUT2D eigenvalue weighted by atomic mass is 9.94. The molecule has 1 aromatic carbocycles. The highest BCUT2D eigenvalue weighted by Gasteiger charge is 2.27. The lowest BCUT2D eigenvalue weighted by Crippen LogP contribution is -2.40. The van der Waals surface area contributed by atoms with Crippen LogP contribution < -0.4 is 10.5 Å². The second-order valence-electron chi connectivity index (χ2n) is 8.29. The van der Waals surface area contributed by atoms with Gasteiger partial charge < -0.3 is 25.6 Å². The second-order valence-corrected chi connectivity index (χ2v) is 8.29. The number of hydrogen-bond acceptors (Lipinski definition) is 6. The second kappa shape index (κ2) is 16.0. The van der Waals surface area contributed by atoms with Gasteiger partial charge in [-0.25, -0.2) is 4.39 Å². The highest BCUT2D eigenvalue weighted by atomic mass is 19.1. The molecule has 0 aromatic heterocycles. The minimum Gasteiger partial charge on any atom is -0.491 e. The fraction of sp³-hybridized carbons (Fsp3) is 0.625. The number of ether oxygens (including phenoxy) is 1. The van der Waals surface area contributed by atoms with Gasteiger partial charge in [-0.3, -0.25) is 19.3 Å². The van der Waals surface area contributed by atoms with Crippen LogP contribution in [0.25, 0.3) is 0 Å². The summed E-state index contributed by atoms with van der Waals surface area (Å²) in [5, 5.41) is 14.8. The fourth-order valence-electron chi connectivity index (χ4n) is 4.09. The van der Waals surface area contributed by atoms with E-state index in [-0.39, 0.29) is 5.91 Å². The smallest absolute Gasteiger partial charge is 0.300 e. The Morgan fingerprint density at radius 1 is 1.00 bits per heavy atom. The minimum atomic E-state index is -0.833. The number of aliphatic carboxylic acids is 2. The highest BCUT2D eigenvalue weighted by Crippen LogP contribution is 2.25. The Kier molecular flexibility index (Phi) is 13.8. The maximum Gasteiger partial charge on any atom is 0.300 e. The van der Waals surface area contributed by atoms with E-state index < -0.39 is 17.8 Å². The molecule has 0 atom stereocenters. The molecule has 1 aliphatic heterocycles. The van der Waals surface area contributed by atoms with Crippen molar-refractivity contribution in [3.63, 3.8) is 0 Å². The third-order valence-corrected chi connectivity index (χ3v) is 5.46. The van der Waals surface area contributed by atoms with Crippen LogP contribution in [0, 0.1) is 5.82 Å². The number of amides is 1. The molecular formula is C24H38FN3O6. The molecule has 1 aliphatic carbocycles. The number of benzene rings is 1. The molecule has 1 amide bonds. The van der Waals surface area contributed by atoms with Gasteiger partial charge in [0.15, 0.2) is 0 Å². The van der Waals surface area contributed by atoms with Crippen LogP contribution in [0.15, 0.2) is 18.2 Å². The first-order valence-electron chi connectivity index (χ1n) is 11.7. The van der Waals surface area contributed by atoms with Crippen molar-refractivity contribution in [2.24, 2.45) is 5.73 Å². The normalized spacial score (nSPS) is 16.8. The molecule has 3 rings (SSSR count). The van der Waals surface area contributed by atoms with Gasteiger partial charge in [-0.05, 0) is 37.5 Å². The van der Waals surface area contributed by atoms with Crippen molar-refractivity contribution in [2.45, 2.75) is 58.4 Å². The molecule has 1 saturated heterocycles. The Bertz CT molecular complexity index is 766. The molecule has 0 bridgehead atoms. The first-order valence-corrected chi connectivity index (χ1v) is 11.7. The van der Waals surface area contributed by atoms with Crippen LogP contribution in [0.2, 0.25) is 0 Å². The molecule has 34 heavy (non-hydrogen) atoms. The number of rotatable bonds is 5. The molecule has 0 unspecified atom stereocenters. The molecule has 1 heterocycles. The summed E-state index contributed by atoms with van der Waals surface area (Å²) < 4.78 is 19.3. The zero-order valence-electron chi connectivity index (χ0n) is 20.2. The SMILES string of the molecule is CC(=O)O.CC(=O)O.NCCOc1ccc(F)cc1C(=O)N1CCCN(C2CCCCC2)CC1. The van der Waals surface area contributed by atoms with Crippen LogP contribution in [0.3, 0.4) is 0 Å². The summed E-state index contributed by atoms with van der Waals surface area (Å²) in [7, 11) is 0. The van der Waals surface area contributed by atoms with Crippen molar-refractivity contribution in [3.05, 3.63) is 29.6 Å². The van der Waals surface area contributed by atoms with Crippen LogP contribution in [-0.2, 0) is 9.59 Å². The van der Waals surface area contributed by atoms with Gasteiger partial charge in [-0.15, -0.1) is 0 Å². The van der Waals surface area contributed by atoms with Gasteiger partial charge in [0, 0.05) is 52.6 Å². The van der Waals surface area contributed by atoms with E-state index in [1.807, 2.05) is 4.90 Å². The van der Waals surface area contributed by atoms with Crippen LogP contribution in [0.5, 0.6) is 5.75 Å². The molecule has 0 radical (unpaired) electrons. The summed E-state index contributed by atoms with van der Waals surface area (Å²) in [4.78, 5) is 35.4. The largest absolute Gasteiger partial charge is 0.491 e. The van der Waals surface area contributed by atoms with E-state index in [9.17, 15) is 9.18 Å². The summed E-state index contributed by atoms with van der Waals surface area (Å²) in [5.41, 5.74) is 5.78. The van der Waals surface area contributed by atoms with Crippen LogP contribution in [0.4, 0.5) is 4.39 Å². The molecule has 1 saturated carbocycles. The molecule has 0 spiro atoms. The van der Waals surface area contributed by atoms with Gasteiger partial charge in [0.25, 0.3) is 17.8 Å². The van der Waals surface area contributed by atoms with E-state index in [2.05, 4.69) is 4.90 Å². The van der Waals surface area contributed by atoms with Crippen molar-refractivity contribution in [1.82, 2.24) is 9.80 Å². The molecular weight excluding hydrogens is 445 g/mol. The average molecular weight is 484 g/mol. The van der Waals surface area contributed by atoms with Gasteiger partial charge in [0.05, 0.1) is 5.56 Å². The van der Waals surface area contributed by atoms with Crippen LogP contribution in [-0.4, -0.2) is 83.2 Å². The lowest BCUT2D eigenvalue weighted by molar-refractivity contribution is -0.135. The fourth-order valence-corrected chi connectivity index (χ4v) is 4.09. The summed E-state index contributed by atoms with van der Waals surface area (Å²) in [6, 6.07) is 4.77. The van der Waals surface area contributed by atoms with E-state index in [1.165, 1.54) is 50.3 Å². The molecule has 9 nitrogen and oxygen atoms in total. The zero-order valence-corrected chi connectivity index (χ0v) is 20.2. The van der Waals surface area contributed by atoms with Crippen molar-refractivity contribution < 1.29 is 33.7 Å².